The molecule has 3 unspecified atom stereocenters. The van der Waals surface area contributed by atoms with Crippen molar-refractivity contribution in [3.63, 3.8) is 0 Å². The van der Waals surface area contributed by atoms with E-state index in [-0.39, 0.29) is 0 Å². The molecule has 1 heterocycles. The van der Waals surface area contributed by atoms with Crippen molar-refractivity contribution in [2.24, 2.45) is 11.8 Å². The van der Waals surface area contributed by atoms with Crippen molar-refractivity contribution in [1.29, 1.82) is 0 Å². The first-order valence-electron chi connectivity index (χ1n) is 7.54. The van der Waals surface area contributed by atoms with Crippen LogP contribution in [0, 0.1) is 11.8 Å². The summed E-state index contributed by atoms with van der Waals surface area (Å²) in [6.07, 6.45) is 4.69. The fraction of sp³-hybridized carbons (Fsp3) is 0.625. The highest BCUT2D eigenvalue weighted by molar-refractivity contribution is 9.10. The molecule has 0 spiro atoms. The van der Waals surface area contributed by atoms with Gasteiger partial charge in [0, 0.05) is 29.1 Å². The molecule has 3 nitrogen and oxygen atoms in total. The minimum atomic E-state index is 0.336. The molecule has 3 rings (SSSR count). The third-order valence-corrected chi connectivity index (χ3v) is 5.18. The highest BCUT2D eigenvalue weighted by atomic mass is 79.9. The summed E-state index contributed by atoms with van der Waals surface area (Å²) < 4.78 is 6.82. The second-order valence-corrected chi connectivity index (χ2v) is 6.83. The molecule has 0 amide bonds. The van der Waals surface area contributed by atoms with E-state index in [1.165, 1.54) is 24.8 Å². The summed E-state index contributed by atoms with van der Waals surface area (Å²) >= 11 is 3.54. The fourth-order valence-corrected chi connectivity index (χ4v) is 3.87. The quantitative estimate of drug-likeness (QED) is 0.884. The number of aliphatic hydroxyl groups is 1. The van der Waals surface area contributed by atoms with Crippen LogP contribution < -0.4 is 10.1 Å². The Morgan fingerprint density at radius 2 is 2.10 bits per heavy atom. The summed E-state index contributed by atoms with van der Waals surface area (Å²) in [4.78, 5) is 0. The first-order valence-corrected chi connectivity index (χ1v) is 8.33. The van der Waals surface area contributed by atoms with Gasteiger partial charge in [0.25, 0.3) is 0 Å². The summed E-state index contributed by atoms with van der Waals surface area (Å²) in [7, 11) is 0. The monoisotopic (exact) mass is 339 g/mol. The van der Waals surface area contributed by atoms with E-state index in [0.29, 0.717) is 24.5 Å². The molecule has 110 valence electrons. The summed E-state index contributed by atoms with van der Waals surface area (Å²) in [6.45, 7) is 2.12. The Hall–Kier alpha value is -0.580. The molecule has 2 N–H and O–H groups in total. The molecular weight excluding hydrogens is 318 g/mol. The van der Waals surface area contributed by atoms with Crippen molar-refractivity contribution < 1.29 is 9.84 Å². The average molecular weight is 340 g/mol. The van der Waals surface area contributed by atoms with Crippen LogP contribution in [0.1, 0.15) is 37.3 Å². The summed E-state index contributed by atoms with van der Waals surface area (Å²) in [5.41, 5.74) is 1.25. The normalized spacial score (nSPS) is 29.0. The van der Waals surface area contributed by atoms with Crippen molar-refractivity contribution in [3.8, 4) is 5.75 Å². The van der Waals surface area contributed by atoms with Crippen molar-refractivity contribution in [2.45, 2.75) is 31.7 Å². The number of hydrogen-bond donors (Lipinski definition) is 2. The zero-order valence-corrected chi connectivity index (χ0v) is 13.2. The predicted molar refractivity (Wildman–Crippen MR) is 82.9 cm³/mol. The number of ether oxygens (including phenoxy) is 1. The lowest BCUT2D eigenvalue weighted by molar-refractivity contribution is 0.185. The van der Waals surface area contributed by atoms with E-state index in [2.05, 4.69) is 27.3 Å². The molecule has 2 aliphatic rings. The van der Waals surface area contributed by atoms with E-state index >= 15 is 0 Å². The van der Waals surface area contributed by atoms with Crippen molar-refractivity contribution in [3.05, 3.63) is 28.2 Å². The van der Waals surface area contributed by atoms with Gasteiger partial charge >= 0.3 is 0 Å². The lowest BCUT2D eigenvalue weighted by Crippen LogP contribution is -2.32. The molecule has 0 aromatic heterocycles. The van der Waals surface area contributed by atoms with E-state index in [1.54, 1.807) is 0 Å². The van der Waals surface area contributed by atoms with E-state index in [0.717, 1.165) is 29.8 Å². The molecule has 3 atom stereocenters. The third-order valence-electron chi connectivity index (χ3n) is 4.69. The second kappa shape index (κ2) is 6.46. The molecule has 1 aromatic carbocycles. The Morgan fingerprint density at radius 3 is 2.95 bits per heavy atom. The molecule has 4 heteroatoms. The average Bonchev–Trinajstić information content (AvgIpc) is 2.92. The minimum Gasteiger partial charge on any atom is -0.493 e. The third kappa shape index (κ3) is 3.02. The Bertz CT molecular complexity index is 466. The van der Waals surface area contributed by atoms with Gasteiger partial charge in [-0.25, -0.2) is 0 Å². The number of fused-ring (bicyclic) bond motifs is 1. The van der Waals surface area contributed by atoms with Crippen molar-refractivity contribution in [2.75, 3.05) is 19.8 Å². The molecule has 1 aliphatic carbocycles. The van der Waals surface area contributed by atoms with Crippen molar-refractivity contribution >= 4 is 15.9 Å². The van der Waals surface area contributed by atoms with E-state index in [1.807, 2.05) is 12.1 Å². The number of halogens is 1. The number of rotatable bonds is 4. The number of nitrogens with one attached hydrogen (secondary N) is 1. The highest BCUT2D eigenvalue weighted by Gasteiger charge is 2.28. The highest BCUT2D eigenvalue weighted by Crippen LogP contribution is 2.35. The number of benzene rings is 1. The van der Waals surface area contributed by atoms with Crippen LogP contribution in [0.25, 0.3) is 0 Å². The standard InChI is InChI=1S/C16H22BrNO2/c17-13-4-5-16-14(8-13)15(6-7-20-16)18-9-11-2-1-3-12(11)10-19/h4-5,8,11-12,15,18-19H,1-3,6-7,9-10H2. The Labute approximate surface area is 128 Å². The minimum absolute atomic E-state index is 0.336. The zero-order valence-electron chi connectivity index (χ0n) is 11.6. The lowest BCUT2D eigenvalue weighted by Gasteiger charge is -2.29. The van der Waals surface area contributed by atoms with E-state index < -0.39 is 0 Å². The molecular formula is C16H22BrNO2. The maximum Gasteiger partial charge on any atom is 0.124 e. The summed E-state index contributed by atoms with van der Waals surface area (Å²) in [5.74, 6) is 2.12. The van der Waals surface area contributed by atoms with Gasteiger partial charge in [0.1, 0.15) is 5.75 Å². The van der Waals surface area contributed by atoms with Gasteiger partial charge in [-0.3, -0.25) is 0 Å². The SMILES string of the molecule is OCC1CCCC1CNC1CCOc2ccc(Br)cc21. The van der Waals surface area contributed by atoms with Gasteiger partial charge in [-0.05, 0) is 49.4 Å². The van der Waals surface area contributed by atoms with Crippen LogP contribution in [0.3, 0.4) is 0 Å². The van der Waals surface area contributed by atoms with Gasteiger partial charge in [-0.1, -0.05) is 22.4 Å². The summed E-state index contributed by atoms with van der Waals surface area (Å²) in [5, 5.41) is 13.1. The lowest BCUT2D eigenvalue weighted by atomic mass is 9.95. The van der Waals surface area contributed by atoms with E-state index in [4.69, 9.17) is 4.74 Å². The van der Waals surface area contributed by atoms with Gasteiger partial charge in [-0.15, -0.1) is 0 Å². The molecule has 0 saturated heterocycles. The van der Waals surface area contributed by atoms with Crippen LogP contribution in [0.4, 0.5) is 0 Å². The molecule has 0 radical (unpaired) electrons. The number of aliphatic hydroxyl groups excluding tert-OH is 1. The van der Waals surface area contributed by atoms with Crippen LogP contribution in [-0.4, -0.2) is 24.9 Å². The molecule has 1 fully saturated rings. The van der Waals surface area contributed by atoms with Crippen LogP contribution in [0.2, 0.25) is 0 Å². The van der Waals surface area contributed by atoms with E-state index in [9.17, 15) is 5.11 Å². The first kappa shape index (κ1) is 14.4. The molecule has 1 saturated carbocycles. The topological polar surface area (TPSA) is 41.5 Å². The van der Waals surface area contributed by atoms with Gasteiger partial charge < -0.3 is 15.2 Å². The van der Waals surface area contributed by atoms with Crippen molar-refractivity contribution in [1.82, 2.24) is 5.32 Å². The largest absolute Gasteiger partial charge is 0.493 e. The number of hydrogen-bond acceptors (Lipinski definition) is 3. The van der Waals surface area contributed by atoms with Gasteiger partial charge in [0.05, 0.1) is 6.61 Å². The second-order valence-electron chi connectivity index (χ2n) is 5.91. The molecule has 20 heavy (non-hydrogen) atoms. The fourth-order valence-electron chi connectivity index (χ4n) is 3.49. The smallest absolute Gasteiger partial charge is 0.124 e. The van der Waals surface area contributed by atoms with Crippen LogP contribution in [-0.2, 0) is 0 Å². The van der Waals surface area contributed by atoms with Gasteiger partial charge in [0.15, 0.2) is 0 Å². The Kier molecular flexibility index (Phi) is 4.64. The Morgan fingerprint density at radius 1 is 1.25 bits per heavy atom. The van der Waals surface area contributed by atoms with Crippen LogP contribution >= 0.6 is 15.9 Å². The summed E-state index contributed by atoms with van der Waals surface area (Å²) in [6, 6.07) is 6.60. The van der Waals surface area contributed by atoms with Crippen LogP contribution in [0.15, 0.2) is 22.7 Å². The maximum absolute atomic E-state index is 9.41. The maximum atomic E-state index is 9.41. The first-order chi connectivity index (χ1) is 9.78. The van der Waals surface area contributed by atoms with Gasteiger partial charge in [0.2, 0.25) is 0 Å². The predicted octanol–water partition coefficient (Wildman–Crippen LogP) is 3.27. The van der Waals surface area contributed by atoms with Crippen LogP contribution in [0.5, 0.6) is 5.75 Å². The Balaban J connectivity index is 1.66. The molecule has 1 aliphatic heterocycles. The zero-order chi connectivity index (χ0) is 13.9. The molecule has 0 bridgehead atoms. The molecule has 1 aromatic rings. The van der Waals surface area contributed by atoms with Gasteiger partial charge in [-0.2, -0.15) is 0 Å².